The molecule has 3 heterocycles. The molecule has 3 rings (SSSR count). The number of pyridine rings is 2. The summed E-state index contributed by atoms with van der Waals surface area (Å²) in [7, 11) is 0. The highest BCUT2D eigenvalue weighted by molar-refractivity contribution is 5.24. The Labute approximate surface area is 156 Å². The molecule has 4 atom stereocenters. The van der Waals surface area contributed by atoms with Gasteiger partial charge in [-0.15, -0.1) is 0 Å². The van der Waals surface area contributed by atoms with Crippen LogP contribution in [0.5, 0.6) is 0 Å². The molecule has 5 heteroatoms. The minimum absolute atomic E-state index is 0.0738. The lowest BCUT2D eigenvalue weighted by molar-refractivity contribution is -0.0496. The monoisotopic (exact) mass is 354 g/mol. The van der Waals surface area contributed by atoms with Gasteiger partial charge in [0.15, 0.2) is 0 Å². The maximum atomic E-state index is 10.8. The van der Waals surface area contributed by atoms with E-state index in [9.17, 15) is 5.11 Å². The molecule has 140 valence electrons. The number of piperidine rings is 1. The number of aromatic nitrogens is 2. The first-order valence-electron chi connectivity index (χ1n) is 9.59. The van der Waals surface area contributed by atoms with E-state index in [4.69, 9.17) is 10.7 Å². The topological polar surface area (TPSA) is 75.3 Å². The van der Waals surface area contributed by atoms with E-state index in [0.29, 0.717) is 13.0 Å². The predicted molar refractivity (Wildman–Crippen MR) is 103 cm³/mol. The summed E-state index contributed by atoms with van der Waals surface area (Å²) >= 11 is 0. The fraction of sp³-hybridized carbons (Fsp3) is 0.524. The van der Waals surface area contributed by atoms with E-state index >= 15 is 0 Å². The Hall–Kier alpha value is -1.82. The van der Waals surface area contributed by atoms with Crippen LogP contribution in [0.4, 0.5) is 0 Å². The fourth-order valence-corrected chi connectivity index (χ4v) is 4.10. The lowest BCUT2D eigenvalue weighted by Gasteiger charge is -2.47. The molecular weight excluding hydrogens is 324 g/mol. The average Bonchev–Trinajstić information content (AvgIpc) is 2.66. The first kappa shape index (κ1) is 19.0. The normalized spacial score (nSPS) is 26.8. The van der Waals surface area contributed by atoms with Crippen molar-refractivity contribution < 1.29 is 5.11 Å². The average molecular weight is 354 g/mol. The lowest BCUT2D eigenvalue weighted by Crippen LogP contribution is -2.47. The number of hydrogen-bond acceptors (Lipinski definition) is 5. The van der Waals surface area contributed by atoms with E-state index in [-0.39, 0.29) is 24.1 Å². The van der Waals surface area contributed by atoms with E-state index in [2.05, 4.69) is 35.9 Å². The lowest BCUT2D eigenvalue weighted by atomic mass is 9.80. The summed E-state index contributed by atoms with van der Waals surface area (Å²) in [5, 5.41) is 10.8. The molecule has 0 aliphatic carbocycles. The van der Waals surface area contributed by atoms with Gasteiger partial charge in [0.1, 0.15) is 0 Å². The van der Waals surface area contributed by atoms with E-state index in [0.717, 1.165) is 30.8 Å². The number of aliphatic hydroxyl groups excluding tert-OH is 1. The molecule has 3 N–H and O–H groups in total. The van der Waals surface area contributed by atoms with Gasteiger partial charge in [-0.1, -0.05) is 19.1 Å². The van der Waals surface area contributed by atoms with Crippen molar-refractivity contribution in [1.82, 2.24) is 14.9 Å². The molecule has 1 fully saturated rings. The van der Waals surface area contributed by atoms with Crippen LogP contribution in [0.25, 0.3) is 0 Å². The first-order chi connectivity index (χ1) is 12.6. The van der Waals surface area contributed by atoms with E-state index < -0.39 is 0 Å². The quantitative estimate of drug-likeness (QED) is 0.780. The molecule has 2 aromatic heterocycles. The highest BCUT2D eigenvalue weighted by Gasteiger charge is 2.42. The maximum absolute atomic E-state index is 10.8. The molecule has 1 unspecified atom stereocenters. The van der Waals surface area contributed by atoms with E-state index in [1.807, 2.05) is 30.6 Å². The summed E-state index contributed by atoms with van der Waals surface area (Å²) < 4.78 is 0. The van der Waals surface area contributed by atoms with Gasteiger partial charge in [-0.25, -0.2) is 0 Å². The minimum Gasteiger partial charge on any atom is -0.393 e. The number of aryl methyl sites for hydroxylation is 1. The Morgan fingerprint density at radius 1 is 1.15 bits per heavy atom. The Morgan fingerprint density at radius 2 is 1.96 bits per heavy atom. The summed E-state index contributed by atoms with van der Waals surface area (Å²) in [5.74, 6) is 0.112. The number of hydrogen-bond donors (Lipinski definition) is 2. The highest BCUT2D eigenvalue weighted by Crippen LogP contribution is 2.44. The highest BCUT2D eigenvalue weighted by atomic mass is 16.3. The van der Waals surface area contributed by atoms with Crippen molar-refractivity contribution in [1.29, 1.82) is 0 Å². The third kappa shape index (κ3) is 3.95. The fourth-order valence-electron chi connectivity index (χ4n) is 4.10. The molecule has 0 saturated carbocycles. The second-order valence-corrected chi connectivity index (χ2v) is 7.32. The van der Waals surface area contributed by atoms with Crippen LogP contribution in [-0.4, -0.2) is 39.2 Å². The Balaban J connectivity index is 2.00. The Kier molecular flexibility index (Phi) is 6.35. The standard InChI is InChI=1S/C21H30N4O/c1-15-8-7-12-24-20(15)21-16(2)19(26)14-18(17-9-3-5-11-23-17)25(21)13-6-4-10-22/h3,5,7-9,11-12,16,18-19,21,26H,4,6,10,13-14,22H2,1-2H3/t16?,18-,19+,21+/m1/s1. The summed E-state index contributed by atoms with van der Waals surface area (Å²) in [6.45, 7) is 5.86. The van der Waals surface area contributed by atoms with Crippen LogP contribution in [0.15, 0.2) is 42.7 Å². The molecule has 2 aromatic rings. The van der Waals surface area contributed by atoms with E-state index in [1.54, 1.807) is 0 Å². The Bertz CT molecular complexity index is 693. The molecule has 1 aliphatic rings. The second-order valence-electron chi connectivity index (χ2n) is 7.32. The van der Waals surface area contributed by atoms with Crippen molar-refractivity contribution in [2.24, 2.45) is 11.7 Å². The zero-order valence-corrected chi connectivity index (χ0v) is 15.8. The predicted octanol–water partition coefficient (Wildman–Crippen LogP) is 3.01. The van der Waals surface area contributed by atoms with Crippen molar-refractivity contribution in [2.75, 3.05) is 13.1 Å². The molecular formula is C21H30N4O. The van der Waals surface area contributed by atoms with Crippen LogP contribution < -0.4 is 5.73 Å². The number of likely N-dealkylation sites (tertiary alicyclic amines) is 1. The smallest absolute Gasteiger partial charge is 0.0608 e. The number of unbranched alkanes of at least 4 members (excludes halogenated alkanes) is 1. The third-order valence-corrected chi connectivity index (χ3v) is 5.56. The van der Waals surface area contributed by atoms with Gasteiger partial charge in [0.2, 0.25) is 0 Å². The zero-order valence-electron chi connectivity index (χ0n) is 15.8. The van der Waals surface area contributed by atoms with Gasteiger partial charge in [0.05, 0.1) is 29.6 Å². The summed E-state index contributed by atoms with van der Waals surface area (Å²) in [5.41, 5.74) is 8.98. The molecule has 26 heavy (non-hydrogen) atoms. The molecule has 0 spiro atoms. The molecule has 0 radical (unpaired) electrons. The SMILES string of the molecule is Cc1cccnc1[C@@H]1C(C)[C@@H](O)C[C@H](c2ccccn2)N1CCCCN. The van der Waals surface area contributed by atoms with Crippen LogP contribution in [-0.2, 0) is 0 Å². The first-order valence-corrected chi connectivity index (χ1v) is 9.59. The van der Waals surface area contributed by atoms with Gasteiger partial charge in [-0.2, -0.15) is 0 Å². The second kappa shape index (κ2) is 8.71. The van der Waals surface area contributed by atoms with Crippen LogP contribution in [0.1, 0.15) is 55.2 Å². The van der Waals surface area contributed by atoms with Gasteiger partial charge in [0.25, 0.3) is 0 Å². The maximum Gasteiger partial charge on any atom is 0.0608 e. The molecule has 0 amide bonds. The summed E-state index contributed by atoms with van der Waals surface area (Å²) in [4.78, 5) is 11.8. The van der Waals surface area contributed by atoms with Crippen molar-refractivity contribution in [3.05, 3.63) is 59.7 Å². The number of rotatable bonds is 6. The van der Waals surface area contributed by atoms with Gasteiger partial charge in [0, 0.05) is 18.3 Å². The largest absolute Gasteiger partial charge is 0.393 e. The molecule has 1 aliphatic heterocycles. The Morgan fingerprint density at radius 3 is 2.65 bits per heavy atom. The number of nitrogens with two attached hydrogens (primary N) is 1. The van der Waals surface area contributed by atoms with Crippen LogP contribution in [0.3, 0.4) is 0 Å². The van der Waals surface area contributed by atoms with Gasteiger partial charge < -0.3 is 10.8 Å². The zero-order chi connectivity index (χ0) is 18.5. The van der Waals surface area contributed by atoms with Crippen LogP contribution >= 0.6 is 0 Å². The van der Waals surface area contributed by atoms with Gasteiger partial charge >= 0.3 is 0 Å². The van der Waals surface area contributed by atoms with Crippen molar-refractivity contribution in [3.8, 4) is 0 Å². The summed E-state index contributed by atoms with van der Waals surface area (Å²) in [6.07, 6.45) is 6.03. The molecule has 1 saturated heterocycles. The number of aliphatic hydroxyl groups is 1. The van der Waals surface area contributed by atoms with Crippen molar-refractivity contribution in [3.63, 3.8) is 0 Å². The molecule has 0 aromatic carbocycles. The molecule has 5 nitrogen and oxygen atoms in total. The number of nitrogens with zero attached hydrogens (tertiary/aromatic N) is 3. The minimum atomic E-state index is -0.376. The van der Waals surface area contributed by atoms with Gasteiger partial charge in [-0.3, -0.25) is 14.9 Å². The van der Waals surface area contributed by atoms with Gasteiger partial charge in [-0.05, 0) is 63.0 Å². The summed E-state index contributed by atoms with van der Waals surface area (Å²) in [6, 6.07) is 10.3. The van der Waals surface area contributed by atoms with Crippen LogP contribution in [0.2, 0.25) is 0 Å². The van der Waals surface area contributed by atoms with Crippen LogP contribution in [0, 0.1) is 12.8 Å². The van der Waals surface area contributed by atoms with Crippen molar-refractivity contribution in [2.45, 2.75) is 51.3 Å². The molecule has 0 bridgehead atoms. The third-order valence-electron chi connectivity index (χ3n) is 5.56. The van der Waals surface area contributed by atoms with E-state index in [1.165, 1.54) is 5.56 Å². The van der Waals surface area contributed by atoms with Crippen molar-refractivity contribution >= 4 is 0 Å².